The van der Waals surface area contributed by atoms with Crippen LogP contribution in [0.4, 0.5) is 0 Å². The molecule has 0 radical (unpaired) electrons. The molecule has 2 unspecified atom stereocenters. The molecular formula is C28H40N4O4. The molecule has 2 atom stereocenters. The molecule has 1 amide bonds. The van der Waals surface area contributed by atoms with Gasteiger partial charge in [-0.1, -0.05) is 11.6 Å². The first kappa shape index (κ1) is 25.1. The van der Waals surface area contributed by atoms with E-state index in [1.165, 1.54) is 24.8 Å². The zero-order valence-electron chi connectivity index (χ0n) is 21.8. The molecule has 196 valence electrons. The number of benzene rings is 1. The maximum atomic E-state index is 13.4. The predicted molar refractivity (Wildman–Crippen MR) is 137 cm³/mol. The van der Waals surface area contributed by atoms with Gasteiger partial charge in [-0.05, 0) is 93.4 Å². The number of ether oxygens (including phenoxy) is 2. The van der Waals surface area contributed by atoms with Crippen LogP contribution in [0.3, 0.4) is 0 Å². The maximum absolute atomic E-state index is 13.4. The van der Waals surface area contributed by atoms with Crippen LogP contribution in [-0.4, -0.2) is 67.8 Å². The Morgan fingerprint density at radius 1 is 1.06 bits per heavy atom. The van der Waals surface area contributed by atoms with Crippen molar-refractivity contribution in [3.05, 3.63) is 40.8 Å². The van der Waals surface area contributed by atoms with Gasteiger partial charge in [-0.3, -0.25) is 9.69 Å². The van der Waals surface area contributed by atoms with Crippen molar-refractivity contribution >= 4 is 5.91 Å². The molecule has 4 heterocycles. The number of fused-ring (bicyclic) bond motifs is 1. The summed E-state index contributed by atoms with van der Waals surface area (Å²) >= 11 is 0. The second-order valence-corrected chi connectivity index (χ2v) is 10.6. The fraction of sp³-hybridized carbons (Fsp3) is 0.643. The molecule has 3 aliphatic rings. The predicted octanol–water partition coefficient (Wildman–Crippen LogP) is 3.42. The fourth-order valence-electron chi connectivity index (χ4n) is 6.07. The highest BCUT2D eigenvalue weighted by Crippen LogP contribution is 2.34. The lowest BCUT2D eigenvalue weighted by Gasteiger charge is -2.35. The van der Waals surface area contributed by atoms with Gasteiger partial charge in [0.15, 0.2) is 17.3 Å². The molecule has 0 spiro atoms. The van der Waals surface area contributed by atoms with Crippen molar-refractivity contribution < 1.29 is 18.8 Å². The molecule has 1 N–H and O–H groups in total. The largest absolute Gasteiger partial charge is 0.493 e. The van der Waals surface area contributed by atoms with E-state index >= 15 is 0 Å². The van der Waals surface area contributed by atoms with E-state index in [0.717, 1.165) is 87.0 Å². The topological polar surface area (TPSA) is 80.1 Å². The lowest BCUT2D eigenvalue weighted by molar-refractivity contribution is -0.133. The van der Waals surface area contributed by atoms with E-state index in [2.05, 4.69) is 27.5 Å². The SMILES string of the molecule is COc1cc2c(cc1OC)CN(C(=O)CC1CCNCC1Cc1cc(CN3CCCCC3)on1)CC2. The van der Waals surface area contributed by atoms with Crippen LogP contribution < -0.4 is 14.8 Å². The molecule has 2 fully saturated rings. The molecule has 3 aliphatic heterocycles. The lowest BCUT2D eigenvalue weighted by Crippen LogP contribution is -2.42. The van der Waals surface area contributed by atoms with Crippen molar-refractivity contribution in [2.75, 3.05) is 46.9 Å². The third kappa shape index (κ3) is 5.86. The Kier molecular flexibility index (Phi) is 8.12. The van der Waals surface area contributed by atoms with E-state index in [4.69, 9.17) is 14.0 Å². The molecule has 0 aliphatic carbocycles. The highest BCUT2D eigenvalue weighted by molar-refractivity contribution is 5.77. The summed E-state index contributed by atoms with van der Waals surface area (Å²) in [6.07, 6.45) is 7.19. The van der Waals surface area contributed by atoms with Crippen molar-refractivity contribution in [1.82, 2.24) is 20.3 Å². The van der Waals surface area contributed by atoms with Crippen LogP contribution >= 0.6 is 0 Å². The summed E-state index contributed by atoms with van der Waals surface area (Å²) < 4.78 is 16.6. The summed E-state index contributed by atoms with van der Waals surface area (Å²) in [5, 5.41) is 7.92. The Morgan fingerprint density at radius 2 is 1.83 bits per heavy atom. The molecule has 1 aromatic carbocycles. The first-order valence-corrected chi connectivity index (χ1v) is 13.5. The van der Waals surface area contributed by atoms with E-state index < -0.39 is 0 Å². The van der Waals surface area contributed by atoms with Gasteiger partial charge in [0.1, 0.15) is 0 Å². The smallest absolute Gasteiger partial charge is 0.223 e. The van der Waals surface area contributed by atoms with Gasteiger partial charge in [0.2, 0.25) is 5.91 Å². The molecule has 5 rings (SSSR count). The highest BCUT2D eigenvalue weighted by Gasteiger charge is 2.31. The highest BCUT2D eigenvalue weighted by atomic mass is 16.5. The Balaban J connectivity index is 1.18. The number of likely N-dealkylation sites (tertiary alicyclic amines) is 1. The Morgan fingerprint density at radius 3 is 2.61 bits per heavy atom. The third-order valence-electron chi connectivity index (χ3n) is 8.18. The number of nitrogens with zero attached hydrogens (tertiary/aromatic N) is 3. The van der Waals surface area contributed by atoms with E-state index in [1.807, 2.05) is 11.0 Å². The van der Waals surface area contributed by atoms with Crippen LogP contribution in [0.2, 0.25) is 0 Å². The Hall–Kier alpha value is -2.58. The maximum Gasteiger partial charge on any atom is 0.223 e. The number of hydrogen-bond donors (Lipinski definition) is 1. The molecule has 0 bridgehead atoms. The van der Waals surface area contributed by atoms with Crippen molar-refractivity contribution in [3.8, 4) is 11.5 Å². The first-order valence-electron chi connectivity index (χ1n) is 13.5. The van der Waals surface area contributed by atoms with Crippen LogP contribution in [-0.2, 0) is 30.7 Å². The standard InChI is InChI=1S/C28H40N4O4/c1-34-26-13-21-7-11-32(18-23(21)14-27(26)35-2)28(33)15-20-6-8-29-17-22(20)12-24-16-25(36-30-24)19-31-9-4-3-5-10-31/h13-14,16,20,22,29H,3-12,15,17-19H2,1-2H3. The minimum Gasteiger partial charge on any atom is -0.493 e. The monoisotopic (exact) mass is 496 g/mol. The Bertz CT molecular complexity index is 1030. The van der Waals surface area contributed by atoms with E-state index in [1.54, 1.807) is 14.2 Å². The zero-order chi connectivity index (χ0) is 24.9. The third-order valence-corrected chi connectivity index (χ3v) is 8.18. The number of carbonyl (C=O) groups is 1. The minimum atomic E-state index is 0.248. The van der Waals surface area contributed by atoms with Crippen molar-refractivity contribution in [3.63, 3.8) is 0 Å². The second kappa shape index (κ2) is 11.6. The van der Waals surface area contributed by atoms with Crippen LogP contribution in [0.5, 0.6) is 11.5 Å². The first-order chi connectivity index (χ1) is 17.6. The lowest BCUT2D eigenvalue weighted by atomic mass is 9.80. The van der Waals surface area contributed by atoms with Gasteiger partial charge in [0, 0.05) is 25.6 Å². The van der Waals surface area contributed by atoms with Gasteiger partial charge in [0.05, 0.1) is 26.5 Å². The number of carbonyl (C=O) groups excluding carboxylic acids is 1. The minimum absolute atomic E-state index is 0.248. The van der Waals surface area contributed by atoms with Gasteiger partial charge in [-0.2, -0.15) is 0 Å². The van der Waals surface area contributed by atoms with E-state index in [9.17, 15) is 4.79 Å². The number of hydrogen-bond acceptors (Lipinski definition) is 7. The van der Waals surface area contributed by atoms with Gasteiger partial charge in [-0.25, -0.2) is 0 Å². The summed E-state index contributed by atoms with van der Waals surface area (Å²) in [7, 11) is 3.31. The summed E-state index contributed by atoms with van der Waals surface area (Å²) in [6, 6.07) is 6.20. The van der Waals surface area contributed by atoms with E-state index in [-0.39, 0.29) is 5.91 Å². The molecule has 2 aromatic rings. The normalized spacial score (nSPS) is 22.8. The fourth-order valence-corrected chi connectivity index (χ4v) is 6.07. The van der Waals surface area contributed by atoms with Crippen molar-refractivity contribution in [1.29, 1.82) is 0 Å². The number of piperidine rings is 2. The zero-order valence-corrected chi connectivity index (χ0v) is 21.8. The number of amides is 1. The summed E-state index contributed by atoms with van der Waals surface area (Å²) in [5.41, 5.74) is 3.40. The molecule has 0 saturated carbocycles. The van der Waals surface area contributed by atoms with Gasteiger partial charge >= 0.3 is 0 Å². The van der Waals surface area contributed by atoms with Gasteiger partial charge in [-0.15, -0.1) is 0 Å². The molecular weight excluding hydrogens is 456 g/mol. The van der Waals surface area contributed by atoms with Crippen LogP contribution in [0.15, 0.2) is 22.7 Å². The quantitative estimate of drug-likeness (QED) is 0.600. The number of rotatable bonds is 8. The summed E-state index contributed by atoms with van der Waals surface area (Å²) in [5.74, 6) is 3.42. The second-order valence-electron chi connectivity index (χ2n) is 10.6. The molecule has 8 nitrogen and oxygen atoms in total. The molecule has 1 aromatic heterocycles. The van der Waals surface area contributed by atoms with Gasteiger partial charge in [0.25, 0.3) is 0 Å². The number of methoxy groups -OCH3 is 2. The Labute approximate surface area is 214 Å². The molecule has 36 heavy (non-hydrogen) atoms. The van der Waals surface area contributed by atoms with Crippen molar-refractivity contribution in [2.24, 2.45) is 11.8 Å². The molecule has 2 saturated heterocycles. The van der Waals surface area contributed by atoms with Crippen LogP contribution in [0, 0.1) is 11.8 Å². The average Bonchev–Trinajstić information content (AvgIpc) is 3.35. The van der Waals surface area contributed by atoms with E-state index in [0.29, 0.717) is 24.8 Å². The summed E-state index contributed by atoms with van der Waals surface area (Å²) in [6.45, 7) is 6.42. The van der Waals surface area contributed by atoms with Crippen molar-refractivity contribution in [2.45, 2.75) is 58.0 Å². The summed E-state index contributed by atoms with van der Waals surface area (Å²) in [4.78, 5) is 17.9. The number of nitrogens with one attached hydrogen (secondary N) is 1. The van der Waals surface area contributed by atoms with Crippen LogP contribution in [0.25, 0.3) is 0 Å². The van der Waals surface area contributed by atoms with Crippen LogP contribution in [0.1, 0.15) is 54.7 Å². The van der Waals surface area contributed by atoms with Gasteiger partial charge < -0.3 is 24.2 Å². The number of aromatic nitrogens is 1. The molecule has 8 heteroatoms. The average molecular weight is 497 g/mol.